The fourth-order valence-electron chi connectivity index (χ4n) is 3.29. The summed E-state index contributed by atoms with van der Waals surface area (Å²) in [6, 6.07) is 6.43. The van der Waals surface area contributed by atoms with Gasteiger partial charge in [0.25, 0.3) is 0 Å². The van der Waals surface area contributed by atoms with Gasteiger partial charge in [-0.2, -0.15) is 0 Å². The number of benzene rings is 1. The Balaban J connectivity index is 1.70. The van der Waals surface area contributed by atoms with Gasteiger partial charge in [-0.3, -0.25) is 9.69 Å². The first-order valence-corrected chi connectivity index (χ1v) is 9.29. The topological polar surface area (TPSA) is 61.5 Å². The average Bonchev–Trinajstić information content (AvgIpc) is 2.94. The van der Waals surface area contributed by atoms with E-state index in [0.717, 1.165) is 17.0 Å². The number of carbonyl (C=O) groups is 1. The summed E-state index contributed by atoms with van der Waals surface area (Å²) < 4.78 is 19.2. The number of nitrogens with zero attached hydrogens (tertiary/aromatic N) is 3. The van der Waals surface area contributed by atoms with Crippen LogP contribution in [0.25, 0.3) is 0 Å². The molecule has 3 rings (SSSR count). The van der Waals surface area contributed by atoms with Gasteiger partial charge in [-0.1, -0.05) is 12.1 Å². The number of rotatable bonds is 6. The molecule has 1 unspecified atom stereocenters. The molecule has 0 saturated carbocycles. The van der Waals surface area contributed by atoms with Gasteiger partial charge in [0.2, 0.25) is 5.91 Å². The third-order valence-electron chi connectivity index (χ3n) is 4.87. The van der Waals surface area contributed by atoms with E-state index >= 15 is 0 Å². The van der Waals surface area contributed by atoms with E-state index in [0.29, 0.717) is 32.8 Å². The minimum Gasteiger partial charge on any atom is -0.370 e. The van der Waals surface area contributed by atoms with Gasteiger partial charge in [0.05, 0.1) is 31.3 Å². The van der Waals surface area contributed by atoms with Gasteiger partial charge in [-0.15, -0.1) is 0 Å². The van der Waals surface area contributed by atoms with Crippen LogP contribution in [0.3, 0.4) is 0 Å². The van der Waals surface area contributed by atoms with Crippen LogP contribution in [-0.2, 0) is 22.7 Å². The number of aromatic nitrogens is 2. The van der Waals surface area contributed by atoms with Crippen LogP contribution >= 0.6 is 0 Å². The van der Waals surface area contributed by atoms with E-state index in [9.17, 15) is 9.18 Å². The molecule has 1 aliphatic heterocycles. The Labute approximate surface area is 159 Å². The fraction of sp³-hybridized carbons (Fsp3) is 0.500. The highest BCUT2D eigenvalue weighted by Gasteiger charge is 2.30. The summed E-state index contributed by atoms with van der Waals surface area (Å²) in [4.78, 5) is 24.1. The molecule has 1 aliphatic rings. The van der Waals surface area contributed by atoms with E-state index in [1.54, 1.807) is 18.5 Å². The van der Waals surface area contributed by atoms with Crippen molar-refractivity contribution < 1.29 is 13.9 Å². The minimum absolute atomic E-state index is 0.103. The number of H-pyrrole nitrogens is 1. The molecule has 0 aliphatic carbocycles. The van der Waals surface area contributed by atoms with Crippen molar-refractivity contribution in [3.63, 3.8) is 0 Å². The quantitative estimate of drug-likeness (QED) is 0.844. The highest BCUT2D eigenvalue weighted by Crippen LogP contribution is 2.16. The Morgan fingerprint density at radius 2 is 2.04 bits per heavy atom. The van der Waals surface area contributed by atoms with Crippen molar-refractivity contribution in [1.82, 2.24) is 19.8 Å². The molecule has 1 N–H and O–H groups in total. The Bertz CT molecular complexity index is 760. The molecule has 7 heteroatoms. The zero-order valence-corrected chi connectivity index (χ0v) is 16.1. The van der Waals surface area contributed by atoms with Crippen LogP contribution in [0.2, 0.25) is 0 Å². The lowest BCUT2D eigenvalue weighted by Gasteiger charge is -2.27. The van der Waals surface area contributed by atoms with E-state index in [-0.39, 0.29) is 23.9 Å². The van der Waals surface area contributed by atoms with Gasteiger partial charge in [-0.25, -0.2) is 9.37 Å². The highest BCUT2D eigenvalue weighted by atomic mass is 19.1. The maximum Gasteiger partial charge on any atom is 0.237 e. The molecule has 0 bridgehead atoms. The second-order valence-electron chi connectivity index (χ2n) is 7.34. The normalized spacial score (nSPS) is 18.9. The van der Waals surface area contributed by atoms with Crippen LogP contribution in [-0.4, -0.2) is 57.5 Å². The number of imidazole rings is 1. The molecule has 2 aromatic rings. The van der Waals surface area contributed by atoms with Crippen molar-refractivity contribution in [1.29, 1.82) is 0 Å². The van der Waals surface area contributed by atoms with Crippen LogP contribution in [0.4, 0.5) is 4.39 Å². The van der Waals surface area contributed by atoms with Gasteiger partial charge in [-0.05, 0) is 38.5 Å². The summed E-state index contributed by atoms with van der Waals surface area (Å²) in [6.07, 6.45) is 1.55. The van der Waals surface area contributed by atoms with Gasteiger partial charge >= 0.3 is 0 Å². The SMILES string of the molecule is Cc1[nH]cnc1CN1CC(=O)N(C(C)C)CC(OCc2ccc(F)cc2)C1. The van der Waals surface area contributed by atoms with Gasteiger partial charge in [0.1, 0.15) is 5.82 Å². The Hall–Kier alpha value is -2.25. The summed E-state index contributed by atoms with van der Waals surface area (Å²) in [5.74, 6) is -0.156. The molecule has 0 spiro atoms. The smallest absolute Gasteiger partial charge is 0.237 e. The number of halogens is 1. The van der Waals surface area contributed by atoms with E-state index in [1.165, 1.54) is 12.1 Å². The summed E-state index contributed by atoms with van der Waals surface area (Å²) in [7, 11) is 0. The first-order valence-electron chi connectivity index (χ1n) is 9.29. The number of amides is 1. The number of hydrogen-bond donors (Lipinski definition) is 1. The maximum absolute atomic E-state index is 13.1. The summed E-state index contributed by atoms with van der Waals surface area (Å²) >= 11 is 0. The predicted molar refractivity (Wildman–Crippen MR) is 100 cm³/mol. The number of aryl methyl sites for hydroxylation is 1. The molecule has 2 heterocycles. The fourth-order valence-corrected chi connectivity index (χ4v) is 3.29. The van der Waals surface area contributed by atoms with Crippen LogP contribution in [0.5, 0.6) is 0 Å². The highest BCUT2D eigenvalue weighted by molar-refractivity contribution is 5.79. The summed E-state index contributed by atoms with van der Waals surface area (Å²) in [6.45, 7) is 8.54. The molecule has 1 aromatic carbocycles. The summed E-state index contributed by atoms with van der Waals surface area (Å²) in [5.41, 5.74) is 2.87. The molecular weight excluding hydrogens is 347 g/mol. The lowest BCUT2D eigenvalue weighted by atomic mass is 10.2. The van der Waals surface area contributed by atoms with Crippen LogP contribution in [0.15, 0.2) is 30.6 Å². The molecule has 27 heavy (non-hydrogen) atoms. The van der Waals surface area contributed by atoms with Gasteiger partial charge in [0, 0.05) is 31.4 Å². The minimum atomic E-state index is -0.259. The molecule has 6 nitrogen and oxygen atoms in total. The van der Waals surface area contributed by atoms with Crippen LogP contribution < -0.4 is 0 Å². The summed E-state index contributed by atoms with van der Waals surface area (Å²) in [5, 5.41) is 0. The van der Waals surface area contributed by atoms with E-state index in [4.69, 9.17) is 4.74 Å². The number of ether oxygens (including phenoxy) is 1. The largest absolute Gasteiger partial charge is 0.370 e. The van der Waals surface area contributed by atoms with Crippen LogP contribution in [0, 0.1) is 12.7 Å². The monoisotopic (exact) mass is 374 g/mol. The molecule has 146 valence electrons. The van der Waals surface area contributed by atoms with E-state index < -0.39 is 0 Å². The van der Waals surface area contributed by atoms with Crippen LogP contribution in [0.1, 0.15) is 30.8 Å². The number of aromatic amines is 1. The van der Waals surface area contributed by atoms with Crippen molar-refractivity contribution in [2.75, 3.05) is 19.6 Å². The lowest BCUT2D eigenvalue weighted by molar-refractivity contribution is -0.133. The van der Waals surface area contributed by atoms with Crippen molar-refractivity contribution >= 4 is 5.91 Å². The third kappa shape index (κ3) is 5.14. The standard InChI is InChI=1S/C20H27FN4O2/c1-14(2)25-9-18(27-12-16-4-6-17(21)7-5-16)8-24(11-20(25)26)10-19-15(3)22-13-23-19/h4-7,13-14,18H,8-12H2,1-3H3,(H,22,23). The molecule has 1 saturated heterocycles. The number of hydrogen-bond acceptors (Lipinski definition) is 4. The van der Waals surface area contributed by atoms with Gasteiger partial charge in [0.15, 0.2) is 0 Å². The van der Waals surface area contributed by atoms with E-state index in [2.05, 4.69) is 14.9 Å². The predicted octanol–water partition coefficient (Wildman–Crippen LogP) is 2.50. The zero-order valence-electron chi connectivity index (χ0n) is 16.1. The van der Waals surface area contributed by atoms with E-state index in [1.807, 2.05) is 25.7 Å². The van der Waals surface area contributed by atoms with Crippen molar-refractivity contribution in [2.45, 2.75) is 46.1 Å². The second-order valence-corrected chi connectivity index (χ2v) is 7.34. The second kappa shape index (κ2) is 8.63. The third-order valence-corrected chi connectivity index (χ3v) is 4.87. The Morgan fingerprint density at radius 3 is 2.67 bits per heavy atom. The molecule has 1 fully saturated rings. The maximum atomic E-state index is 13.1. The van der Waals surface area contributed by atoms with Crippen molar-refractivity contribution in [3.05, 3.63) is 53.4 Å². The first-order chi connectivity index (χ1) is 12.9. The Kier molecular flexibility index (Phi) is 6.23. The average molecular weight is 374 g/mol. The molecule has 1 atom stereocenters. The first kappa shape index (κ1) is 19.5. The van der Waals surface area contributed by atoms with Gasteiger partial charge < -0.3 is 14.6 Å². The number of carbonyl (C=O) groups excluding carboxylic acids is 1. The molecule has 0 radical (unpaired) electrons. The zero-order chi connectivity index (χ0) is 19.4. The Morgan fingerprint density at radius 1 is 1.30 bits per heavy atom. The molecule has 1 aromatic heterocycles. The van der Waals surface area contributed by atoms with Crippen molar-refractivity contribution in [3.8, 4) is 0 Å². The number of nitrogens with one attached hydrogen (secondary N) is 1. The van der Waals surface area contributed by atoms with Crippen molar-refractivity contribution in [2.24, 2.45) is 0 Å². The lowest BCUT2D eigenvalue weighted by Crippen LogP contribution is -2.42. The molecular formula is C20H27FN4O2. The molecule has 1 amide bonds.